The molecule has 0 saturated carbocycles. The van der Waals surface area contributed by atoms with Crippen LogP contribution < -0.4 is 0 Å². The number of rotatable bonds is 0. The first kappa shape index (κ1) is 10.3. The van der Waals surface area contributed by atoms with E-state index in [0.717, 1.165) is 0 Å². The number of hydrogen-bond donors (Lipinski definition) is 1. The molecule has 0 unspecified atom stereocenters. The van der Waals surface area contributed by atoms with Crippen LogP contribution in [-0.4, -0.2) is 4.98 Å². The van der Waals surface area contributed by atoms with Gasteiger partial charge in [0.15, 0.2) is 0 Å². The van der Waals surface area contributed by atoms with Crippen molar-refractivity contribution in [2.45, 2.75) is 0 Å². The maximum Gasteiger partial charge on any atom is 2.00 e. The van der Waals surface area contributed by atoms with E-state index in [1.165, 1.54) is 0 Å². The monoisotopic (exact) mass is 233 g/mol. The van der Waals surface area contributed by atoms with E-state index in [2.05, 4.69) is 11.2 Å². The van der Waals surface area contributed by atoms with E-state index in [0.29, 0.717) is 0 Å². The Hall–Kier alpha value is -0.747. The summed E-state index contributed by atoms with van der Waals surface area (Å²) in [4.78, 5) is 2.74. The smallest absolute Gasteiger partial charge is 0.484 e. The average Bonchev–Trinajstić information content (AvgIpc) is 2.67. The molecule has 1 N–H and O–H groups in total. The molecule has 1 aromatic heterocycles. The van der Waals surface area contributed by atoms with Gasteiger partial charge in [0.05, 0.1) is 0 Å². The van der Waals surface area contributed by atoms with Gasteiger partial charge in [0, 0.05) is 0 Å². The minimum atomic E-state index is 0. The standard InChI is InChI=1S/C5H5.C4H4N.Ru/c2*1-2-4-5-3-1;/h1-5H;1-3,5H;/q2*-1;+2. The molecule has 2 heteroatoms. The quantitative estimate of drug-likeness (QED) is 0.529. The van der Waals surface area contributed by atoms with E-state index < -0.39 is 0 Å². The molecule has 1 heterocycles. The number of aromatic amines is 1. The Balaban J connectivity index is 0.000000167. The first-order valence-electron chi connectivity index (χ1n) is 3.16. The molecule has 1 nitrogen and oxygen atoms in total. The second kappa shape index (κ2) is 7.36. The summed E-state index contributed by atoms with van der Waals surface area (Å²) >= 11 is 0. The van der Waals surface area contributed by atoms with Gasteiger partial charge in [0.2, 0.25) is 0 Å². The SMILES string of the molecule is [Ru+2].[c-]1ccc[nH]1.c1cc[cH-]c1. The van der Waals surface area contributed by atoms with Crippen LogP contribution >= 0.6 is 0 Å². The summed E-state index contributed by atoms with van der Waals surface area (Å²) in [6.07, 6.45) is 4.56. The third-order valence-electron chi connectivity index (χ3n) is 0.998. The summed E-state index contributed by atoms with van der Waals surface area (Å²) in [7, 11) is 0. The first-order valence-corrected chi connectivity index (χ1v) is 3.16. The zero-order valence-electron chi connectivity index (χ0n) is 5.97. The van der Waals surface area contributed by atoms with Crippen molar-refractivity contribution in [3.8, 4) is 0 Å². The van der Waals surface area contributed by atoms with Crippen molar-refractivity contribution in [2.75, 3.05) is 0 Å². The molecular weight excluding hydrogens is 223 g/mol. The van der Waals surface area contributed by atoms with Gasteiger partial charge in [-0.25, -0.2) is 12.1 Å². The molecule has 0 amide bonds. The Bertz CT molecular complexity index is 149. The Morgan fingerprint density at radius 1 is 1.09 bits per heavy atom. The molecule has 1 aromatic carbocycles. The summed E-state index contributed by atoms with van der Waals surface area (Å²) in [6.45, 7) is 0. The molecular formula is C9H9NRu. The van der Waals surface area contributed by atoms with Gasteiger partial charge in [0.1, 0.15) is 0 Å². The zero-order valence-corrected chi connectivity index (χ0v) is 7.71. The molecule has 0 fully saturated rings. The van der Waals surface area contributed by atoms with E-state index in [1.807, 2.05) is 48.7 Å². The third-order valence-corrected chi connectivity index (χ3v) is 0.998. The van der Waals surface area contributed by atoms with Gasteiger partial charge in [-0.3, -0.25) is 0 Å². The second-order valence-corrected chi connectivity index (χ2v) is 1.78. The number of nitrogens with one attached hydrogen (secondary N) is 1. The van der Waals surface area contributed by atoms with E-state index >= 15 is 0 Å². The summed E-state index contributed by atoms with van der Waals surface area (Å²) < 4.78 is 0. The summed E-state index contributed by atoms with van der Waals surface area (Å²) in [5, 5.41) is 0. The molecule has 0 spiro atoms. The first-order chi connectivity index (χ1) is 5.00. The van der Waals surface area contributed by atoms with Crippen LogP contribution in [0.1, 0.15) is 0 Å². The van der Waals surface area contributed by atoms with Crippen LogP contribution in [0.25, 0.3) is 0 Å². The molecule has 0 radical (unpaired) electrons. The second-order valence-electron chi connectivity index (χ2n) is 1.78. The van der Waals surface area contributed by atoms with Gasteiger partial charge in [-0.05, 0) is 0 Å². The largest absolute Gasteiger partial charge is 2.00 e. The Labute approximate surface area is 79.6 Å². The van der Waals surface area contributed by atoms with Crippen molar-refractivity contribution in [1.29, 1.82) is 0 Å². The fourth-order valence-corrected chi connectivity index (χ4v) is 0.561. The van der Waals surface area contributed by atoms with Gasteiger partial charge in [-0.2, -0.15) is 36.5 Å². The van der Waals surface area contributed by atoms with E-state index in [4.69, 9.17) is 0 Å². The van der Waals surface area contributed by atoms with Crippen LogP contribution in [0.5, 0.6) is 0 Å². The zero-order chi connectivity index (χ0) is 7.07. The molecule has 0 aliphatic rings. The van der Waals surface area contributed by atoms with Crippen LogP contribution in [0.4, 0.5) is 0 Å². The van der Waals surface area contributed by atoms with Gasteiger partial charge in [-0.1, -0.05) is 0 Å². The fraction of sp³-hybridized carbons (Fsp3) is 0. The van der Waals surface area contributed by atoms with Gasteiger partial charge < -0.3 is 4.98 Å². The van der Waals surface area contributed by atoms with Crippen LogP contribution in [0, 0.1) is 6.20 Å². The summed E-state index contributed by atoms with van der Waals surface area (Å²) in [5.41, 5.74) is 0. The number of H-pyrrole nitrogens is 1. The van der Waals surface area contributed by atoms with Gasteiger partial charge in [0.25, 0.3) is 0 Å². The van der Waals surface area contributed by atoms with Crippen LogP contribution in [0.15, 0.2) is 48.7 Å². The summed E-state index contributed by atoms with van der Waals surface area (Å²) in [6, 6.07) is 13.7. The van der Waals surface area contributed by atoms with E-state index in [-0.39, 0.29) is 19.5 Å². The van der Waals surface area contributed by atoms with Crippen molar-refractivity contribution < 1.29 is 19.5 Å². The molecule has 0 saturated heterocycles. The Morgan fingerprint density at radius 2 is 1.82 bits per heavy atom. The molecule has 0 bridgehead atoms. The average molecular weight is 232 g/mol. The Kier molecular flexibility index (Phi) is 6.86. The van der Waals surface area contributed by atoms with E-state index in [1.54, 1.807) is 0 Å². The molecule has 0 aliphatic carbocycles. The number of aromatic nitrogens is 1. The van der Waals surface area contributed by atoms with Crippen molar-refractivity contribution in [2.24, 2.45) is 0 Å². The minimum Gasteiger partial charge on any atom is -0.484 e. The molecule has 58 valence electrons. The number of hydrogen-bond acceptors (Lipinski definition) is 0. The van der Waals surface area contributed by atoms with Crippen molar-refractivity contribution in [3.63, 3.8) is 0 Å². The van der Waals surface area contributed by atoms with Crippen molar-refractivity contribution >= 4 is 0 Å². The van der Waals surface area contributed by atoms with Gasteiger partial charge in [-0.15, -0.1) is 6.20 Å². The molecule has 0 aliphatic heterocycles. The minimum absolute atomic E-state index is 0. The topological polar surface area (TPSA) is 15.8 Å². The molecule has 2 aromatic rings. The maximum atomic E-state index is 2.74. The van der Waals surface area contributed by atoms with Crippen LogP contribution in [0.3, 0.4) is 0 Å². The van der Waals surface area contributed by atoms with Crippen LogP contribution in [-0.2, 0) is 19.5 Å². The van der Waals surface area contributed by atoms with Crippen molar-refractivity contribution in [3.05, 3.63) is 54.9 Å². The molecule has 0 atom stereocenters. The molecule has 2 rings (SSSR count). The van der Waals surface area contributed by atoms with E-state index in [9.17, 15) is 0 Å². The molecule has 11 heavy (non-hydrogen) atoms. The maximum absolute atomic E-state index is 2.74. The van der Waals surface area contributed by atoms with Gasteiger partial charge >= 0.3 is 19.5 Å². The predicted molar refractivity (Wildman–Crippen MR) is 41.7 cm³/mol. The fourth-order valence-electron chi connectivity index (χ4n) is 0.561. The van der Waals surface area contributed by atoms with Crippen LogP contribution in [0.2, 0.25) is 0 Å². The third kappa shape index (κ3) is 5.69. The summed E-state index contributed by atoms with van der Waals surface area (Å²) in [5.74, 6) is 0. The normalized spacial score (nSPS) is 7.27. The Morgan fingerprint density at radius 3 is 2.00 bits per heavy atom. The predicted octanol–water partition coefficient (Wildman–Crippen LogP) is 2.22. The van der Waals surface area contributed by atoms with Crippen molar-refractivity contribution in [1.82, 2.24) is 4.98 Å².